The van der Waals surface area contributed by atoms with Crippen molar-refractivity contribution in [3.8, 4) is 0 Å². The van der Waals surface area contributed by atoms with Crippen molar-refractivity contribution < 1.29 is 0 Å². The number of benzene rings is 1. The van der Waals surface area contributed by atoms with Gasteiger partial charge >= 0.3 is 0 Å². The van der Waals surface area contributed by atoms with E-state index in [4.69, 9.17) is 4.98 Å². The summed E-state index contributed by atoms with van der Waals surface area (Å²) in [5.74, 6) is 0.931. The maximum atomic E-state index is 4.78. The van der Waals surface area contributed by atoms with Crippen LogP contribution in [-0.2, 0) is 6.54 Å². The first-order chi connectivity index (χ1) is 9.79. The largest absolute Gasteiger partial charge is 0.311 e. The molecule has 0 amide bonds. The standard InChI is InChI=1S/C16H21N3S/c1-11-8-17-14(12-6-7-12)9-19(11)10-16-18-13-4-2-3-5-15(13)20-16/h2-5,11-12,14,17H,6-10H2,1H3. The summed E-state index contributed by atoms with van der Waals surface area (Å²) < 4.78 is 1.31. The Morgan fingerprint density at radius 3 is 3.00 bits per heavy atom. The van der Waals surface area contributed by atoms with Crippen molar-refractivity contribution >= 4 is 21.6 Å². The van der Waals surface area contributed by atoms with Crippen LogP contribution in [0.1, 0.15) is 24.8 Å². The molecule has 3 nitrogen and oxygen atoms in total. The first kappa shape index (κ1) is 12.7. The van der Waals surface area contributed by atoms with Gasteiger partial charge in [-0.25, -0.2) is 4.98 Å². The van der Waals surface area contributed by atoms with Gasteiger partial charge in [0.05, 0.1) is 16.8 Å². The summed E-state index contributed by atoms with van der Waals surface area (Å²) in [7, 11) is 0. The predicted octanol–water partition coefficient (Wildman–Crippen LogP) is 2.87. The summed E-state index contributed by atoms with van der Waals surface area (Å²) in [5, 5.41) is 4.97. The van der Waals surface area contributed by atoms with E-state index < -0.39 is 0 Å². The molecule has 1 N–H and O–H groups in total. The zero-order chi connectivity index (χ0) is 13.5. The van der Waals surface area contributed by atoms with Crippen LogP contribution in [0.2, 0.25) is 0 Å². The molecule has 1 saturated carbocycles. The fourth-order valence-corrected chi connectivity index (χ4v) is 4.14. The van der Waals surface area contributed by atoms with E-state index in [1.54, 1.807) is 0 Å². The second kappa shape index (κ2) is 5.10. The van der Waals surface area contributed by atoms with E-state index in [0.717, 1.165) is 24.5 Å². The van der Waals surface area contributed by atoms with Crippen molar-refractivity contribution in [3.63, 3.8) is 0 Å². The van der Waals surface area contributed by atoms with Crippen LogP contribution in [0.25, 0.3) is 10.2 Å². The fourth-order valence-electron chi connectivity index (χ4n) is 3.14. The Hall–Kier alpha value is -0.970. The van der Waals surface area contributed by atoms with E-state index in [1.807, 2.05) is 11.3 Å². The van der Waals surface area contributed by atoms with Gasteiger partial charge in [-0.2, -0.15) is 0 Å². The Bertz CT molecular complexity index is 572. The van der Waals surface area contributed by atoms with Gasteiger partial charge in [0.15, 0.2) is 0 Å². The summed E-state index contributed by atoms with van der Waals surface area (Å²) >= 11 is 1.85. The van der Waals surface area contributed by atoms with Crippen LogP contribution in [0, 0.1) is 5.92 Å². The van der Waals surface area contributed by atoms with Crippen molar-refractivity contribution in [1.29, 1.82) is 0 Å². The smallest absolute Gasteiger partial charge is 0.108 e. The molecule has 1 aliphatic heterocycles. The third-order valence-electron chi connectivity index (χ3n) is 4.60. The van der Waals surface area contributed by atoms with Gasteiger partial charge in [-0.3, -0.25) is 4.90 Å². The molecule has 106 valence electrons. The molecule has 4 heteroatoms. The number of nitrogens with one attached hydrogen (secondary N) is 1. The lowest BCUT2D eigenvalue weighted by atomic mass is 10.1. The highest BCUT2D eigenvalue weighted by atomic mass is 32.1. The molecule has 2 fully saturated rings. The first-order valence-electron chi connectivity index (χ1n) is 7.61. The summed E-state index contributed by atoms with van der Waals surface area (Å²) in [6, 6.07) is 9.77. The average Bonchev–Trinajstić information content (AvgIpc) is 3.21. The minimum atomic E-state index is 0.608. The van der Waals surface area contributed by atoms with Gasteiger partial charge < -0.3 is 5.32 Å². The van der Waals surface area contributed by atoms with E-state index in [9.17, 15) is 0 Å². The highest BCUT2D eigenvalue weighted by Crippen LogP contribution is 2.34. The Kier molecular flexibility index (Phi) is 3.25. The topological polar surface area (TPSA) is 28.2 Å². The Morgan fingerprint density at radius 2 is 2.20 bits per heavy atom. The zero-order valence-corrected chi connectivity index (χ0v) is 12.7. The van der Waals surface area contributed by atoms with Crippen molar-refractivity contribution in [2.75, 3.05) is 13.1 Å². The van der Waals surface area contributed by atoms with Crippen LogP contribution >= 0.6 is 11.3 Å². The van der Waals surface area contributed by atoms with Gasteiger partial charge in [-0.15, -0.1) is 11.3 Å². The number of hydrogen-bond acceptors (Lipinski definition) is 4. The first-order valence-corrected chi connectivity index (χ1v) is 8.43. The van der Waals surface area contributed by atoms with Crippen LogP contribution in [-0.4, -0.2) is 35.1 Å². The fraction of sp³-hybridized carbons (Fsp3) is 0.562. The second-order valence-electron chi connectivity index (χ2n) is 6.21. The van der Waals surface area contributed by atoms with E-state index in [-0.39, 0.29) is 0 Å². The maximum Gasteiger partial charge on any atom is 0.108 e. The maximum absolute atomic E-state index is 4.78. The van der Waals surface area contributed by atoms with Crippen LogP contribution in [0.5, 0.6) is 0 Å². The Balaban J connectivity index is 1.51. The third kappa shape index (κ3) is 2.48. The van der Waals surface area contributed by atoms with E-state index >= 15 is 0 Å². The van der Waals surface area contributed by atoms with Crippen LogP contribution in [0.4, 0.5) is 0 Å². The molecule has 0 radical (unpaired) electrons. The average molecular weight is 287 g/mol. The number of hydrogen-bond donors (Lipinski definition) is 1. The molecule has 20 heavy (non-hydrogen) atoms. The molecule has 2 atom stereocenters. The number of piperazine rings is 1. The number of fused-ring (bicyclic) bond motifs is 1. The monoisotopic (exact) mass is 287 g/mol. The molecule has 0 spiro atoms. The molecule has 1 aromatic carbocycles. The molecule has 1 saturated heterocycles. The van der Waals surface area contributed by atoms with Crippen molar-refractivity contribution in [3.05, 3.63) is 29.3 Å². The summed E-state index contributed by atoms with van der Waals surface area (Å²) in [6.45, 7) is 5.63. The van der Waals surface area contributed by atoms with Crippen molar-refractivity contribution in [1.82, 2.24) is 15.2 Å². The summed E-state index contributed by atoms with van der Waals surface area (Å²) in [4.78, 5) is 7.39. The normalized spacial score (nSPS) is 28.1. The number of para-hydroxylation sites is 1. The lowest BCUT2D eigenvalue weighted by molar-refractivity contribution is 0.125. The minimum Gasteiger partial charge on any atom is -0.311 e. The lowest BCUT2D eigenvalue weighted by Crippen LogP contribution is -2.55. The molecule has 1 aromatic heterocycles. The van der Waals surface area contributed by atoms with Crippen molar-refractivity contribution in [2.24, 2.45) is 5.92 Å². The highest BCUT2D eigenvalue weighted by molar-refractivity contribution is 7.18. The molecule has 2 unspecified atom stereocenters. The van der Waals surface area contributed by atoms with Crippen LogP contribution < -0.4 is 5.32 Å². The highest BCUT2D eigenvalue weighted by Gasteiger charge is 2.36. The van der Waals surface area contributed by atoms with Gasteiger partial charge in [0.25, 0.3) is 0 Å². The SMILES string of the molecule is CC1CNC(C2CC2)CN1Cc1nc2ccccc2s1. The quantitative estimate of drug-likeness (QED) is 0.941. The van der Waals surface area contributed by atoms with Gasteiger partial charge in [-0.1, -0.05) is 12.1 Å². The Morgan fingerprint density at radius 1 is 1.35 bits per heavy atom. The van der Waals surface area contributed by atoms with Crippen LogP contribution in [0.3, 0.4) is 0 Å². The zero-order valence-electron chi connectivity index (χ0n) is 11.9. The second-order valence-corrected chi connectivity index (χ2v) is 7.32. The molecule has 2 aromatic rings. The molecule has 2 aliphatic rings. The van der Waals surface area contributed by atoms with E-state index in [2.05, 4.69) is 41.4 Å². The molecular formula is C16H21N3S. The van der Waals surface area contributed by atoms with E-state index in [1.165, 1.54) is 29.1 Å². The minimum absolute atomic E-state index is 0.608. The summed E-state index contributed by atoms with van der Waals surface area (Å²) in [5.41, 5.74) is 1.15. The van der Waals surface area contributed by atoms with Crippen molar-refractivity contribution in [2.45, 2.75) is 38.4 Å². The number of rotatable bonds is 3. The Labute approximate surface area is 124 Å². The number of aromatic nitrogens is 1. The summed E-state index contributed by atoms with van der Waals surface area (Å²) in [6.07, 6.45) is 2.84. The van der Waals surface area contributed by atoms with Gasteiger partial charge in [-0.05, 0) is 37.8 Å². The van der Waals surface area contributed by atoms with Crippen LogP contribution in [0.15, 0.2) is 24.3 Å². The van der Waals surface area contributed by atoms with Gasteiger partial charge in [0, 0.05) is 25.2 Å². The van der Waals surface area contributed by atoms with Gasteiger partial charge in [0.1, 0.15) is 5.01 Å². The predicted molar refractivity (Wildman–Crippen MR) is 84.0 cm³/mol. The number of thiazole rings is 1. The molecule has 0 bridgehead atoms. The molecule has 4 rings (SSSR count). The molecule has 1 aliphatic carbocycles. The molecular weight excluding hydrogens is 266 g/mol. The van der Waals surface area contributed by atoms with Gasteiger partial charge in [0.2, 0.25) is 0 Å². The number of nitrogens with zero attached hydrogens (tertiary/aromatic N) is 2. The molecule has 2 heterocycles. The lowest BCUT2D eigenvalue weighted by Gasteiger charge is -2.38. The van der Waals surface area contributed by atoms with E-state index in [0.29, 0.717) is 12.1 Å². The third-order valence-corrected chi connectivity index (χ3v) is 5.62.